The van der Waals surface area contributed by atoms with E-state index in [-0.39, 0.29) is 5.91 Å². The number of nitrogens with one attached hydrogen (secondary N) is 2. The molecule has 25 heavy (non-hydrogen) atoms. The Kier molecular flexibility index (Phi) is 4.19. The number of carbonyl (C=O) groups is 1. The maximum atomic E-state index is 12.4. The zero-order valence-electron chi connectivity index (χ0n) is 13.3. The molecule has 0 unspecified atom stereocenters. The van der Waals surface area contributed by atoms with E-state index in [2.05, 4.69) is 24.5 Å². The molecule has 0 radical (unpaired) electrons. The first kappa shape index (κ1) is 15.8. The van der Waals surface area contributed by atoms with Gasteiger partial charge in [-0.25, -0.2) is 4.79 Å². The molecule has 0 spiro atoms. The van der Waals surface area contributed by atoms with Crippen LogP contribution in [0.15, 0.2) is 45.8 Å². The number of aromatic amines is 1. The lowest BCUT2D eigenvalue weighted by atomic mass is 10.1. The zero-order chi connectivity index (χ0) is 17.2. The van der Waals surface area contributed by atoms with E-state index < -0.39 is 5.76 Å². The van der Waals surface area contributed by atoms with E-state index in [9.17, 15) is 9.59 Å². The average molecular weight is 356 g/mol. The van der Waals surface area contributed by atoms with Crippen LogP contribution in [-0.2, 0) is 18.7 Å². The second kappa shape index (κ2) is 6.64. The maximum Gasteiger partial charge on any atom is 0.438 e. The number of aryl methyl sites for hydroxylation is 1. The number of carbonyl (C=O) groups excluding carboxylic acids is 1. The highest BCUT2D eigenvalue weighted by Gasteiger charge is 2.15. The topological polar surface area (TPSA) is 92.9 Å². The van der Waals surface area contributed by atoms with Gasteiger partial charge in [-0.3, -0.25) is 14.3 Å². The first-order valence-electron chi connectivity index (χ1n) is 7.89. The Balaban J connectivity index is 1.42. The van der Waals surface area contributed by atoms with E-state index in [1.54, 1.807) is 0 Å². The molecular weight excluding hydrogens is 340 g/mol. The minimum atomic E-state index is -0.562. The molecule has 0 bridgehead atoms. The Morgan fingerprint density at radius 3 is 2.92 bits per heavy atom. The summed E-state index contributed by atoms with van der Waals surface area (Å²) in [7, 11) is 0. The van der Waals surface area contributed by atoms with Crippen LogP contribution in [0.1, 0.15) is 27.4 Å². The van der Waals surface area contributed by atoms with E-state index in [0.717, 1.165) is 29.3 Å². The number of nitrogens with zero attached hydrogens (tertiary/aromatic N) is 2. The van der Waals surface area contributed by atoms with Crippen LogP contribution in [0.3, 0.4) is 0 Å². The summed E-state index contributed by atoms with van der Waals surface area (Å²) >= 11 is 1.88. The van der Waals surface area contributed by atoms with Crippen molar-refractivity contribution in [1.29, 1.82) is 0 Å². The van der Waals surface area contributed by atoms with Crippen molar-refractivity contribution in [2.24, 2.45) is 0 Å². The SMILES string of the molecule is O=C(Nc1ccc(Cc2noc(=O)[nH]2)cc1)c1cc2n(c1)CCSC2. The number of anilines is 1. The van der Waals surface area contributed by atoms with Crippen LogP contribution in [0, 0.1) is 0 Å². The van der Waals surface area contributed by atoms with Crippen LogP contribution < -0.4 is 11.1 Å². The van der Waals surface area contributed by atoms with E-state index in [1.807, 2.05) is 48.3 Å². The van der Waals surface area contributed by atoms with Crippen LogP contribution in [-0.4, -0.2) is 26.4 Å². The van der Waals surface area contributed by atoms with Crippen molar-refractivity contribution in [3.8, 4) is 0 Å². The highest BCUT2D eigenvalue weighted by atomic mass is 32.2. The van der Waals surface area contributed by atoms with E-state index in [1.165, 1.54) is 5.69 Å². The Morgan fingerprint density at radius 1 is 1.36 bits per heavy atom. The Bertz CT molecular complexity index is 931. The van der Waals surface area contributed by atoms with Gasteiger partial charge in [0, 0.05) is 42.0 Å². The Morgan fingerprint density at radius 2 is 2.20 bits per heavy atom. The standard InChI is InChI=1S/C17H16N4O3S/c22-16(12-8-14-10-25-6-5-21(14)9-12)18-13-3-1-11(2-4-13)7-15-19-17(23)24-20-15/h1-4,8-9H,5-7,10H2,(H,18,22)(H,19,20,23). The molecule has 8 heteroatoms. The molecule has 2 aromatic heterocycles. The van der Waals surface area contributed by atoms with Crippen LogP contribution >= 0.6 is 11.8 Å². The number of thioether (sulfide) groups is 1. The molecule has 0 saturated heterocycles. The van der Waals surface area contributed by atoms with Gasteiger partial charge in [-0.15, -0.1) is 0 Å². The number of aromatic nitrogens is 3. The van der Waals surface area contributed by atoms with Crippen molar-refractivity contribution in [3.63, 3.8) is 0 Å². The number of H-pyrrole nitrogens is 1. The van der Waals surface area contributed by atoms with Gasteiger partial charge < -0.3 is 9.88 Å². The van der Waals surface area contributed by atoms with Gasteiger partial charge in [-0.2, -0.15) is 11.8 Å². The van der Waals surface area contributed by atoms with Crippen molar-refractivity contribution >= 4 is 23.4 Å². The summed E-state index contributed by atoms with van der Waals surface area (Å²) in [6.07, 6.45) is 2.38. The number of benzene rings is 1. The molecule has 7 nitrogen and oxygen atoms in total. The summed E-state index contributed by atoms with van der Waals surface area (Å²) in [5.41, 5.74) is 3.56. The molecule has 2 N–H and O–H groups in total. The maximum absolute atomic E-state index is 12.4. The van der Waals surface area contributed by atoms with Crippen LogP contribution in [0.5, 0.6) is 0 Å². The molecule has 0 aliphatic carbocycles. The second-order valence-corrected chi connectivity index (χ2v) is 6.94. The molecule has 1 aliphatic heterocycles. The summed E-state index contributed by atoms with van der Waals surface area (Å²) in [4.78, 5) is 25.9. The third kappa shape index (κ3) is 3.53. The molecular formula is C17H16N4O3S. The second-order valence-electron chi connectivity index (χ2n) is 5.84. The quantitative estimate of drug-likeness (QED) is 0.748. The monoisotopic (exact) mass is 356 g/mol. The molecule has 128 valence electrons. The van der Waals surface area contributed by atoms with Crippen molar-refractivity contribution < 1.29 is 9.32 Å². The first-order valence-corrected chi connectivity index (χ1v) is 9.05. The number of fused-ring (bicyclic) bond motifs is 1. The first-order chi connectivity index (χ1) is 12.2. The summed E-state index contributed by atoms with van der Waals surface area (Å²) in [6.45, 7) is 0.951. The third-order valence-electron chi connectivity index (χ3n) is 4.04. The van der Waals surface area contributed by atoms with Gasteiger partial charge in [-0.05, 0) is 23.8 Å². The lowest BCUT2D eigenvalue weighted by Gasteiger charge is -2.13. The van der Waals surface area contributed by atoms with E-state index in [0.29, 0.717) is 17.8 Å². The van der Waals surface area contributed by atoms with Gasteiger partial charge in [0.25, 0.3) is 5.91 Å². The molecule has 1 aliphatic rings. The highest BCUT2D eigenvalue weighted by molar-refractivity contribution is 7.98. The minimum absolute atomic E-state index is 0.111. The number of hydrogen-bond donors (Lipinski definition) is 2. The van der Waals surface area contributed by atoms with Gasteiger partial charge >= 0.3 is 5.76 Å². The predicted octanol–water partition coefficient (Wildman–Crippen LogP) is 2.25. The lowest BCUT2D eigenvalue weighted by molar-refractivity contribution is 0.102. The van der Waals surface area contributed by atoms with Gasteiger partial charge in [0.05, 0.1) is 5.56 Å². The Hall–Kier alpha value is -2.74. The largest absolute Gasteiger partial charge is 0.438 e. The summed E-state index contributed by atoms with van der Waals surface area (Å²) in [5.74, 6) is 1.83. The fraction of sp³-hybridized carbons (Fsp3) is 0.235. The molecule has 3 heterocycles. The summed E-state index contributed by atoms with van der Waals surface area (Å²) in [5, 5.41) is 6.55. The fourth-order valence-corrected chi connectivity index (χ4v) is 3.71. The molecule has 1 aromatic carbocycles. The molecule has 0 fully saturated rings. The van der Waals surface area contributed by atoms with Crippen molar-refractivity contribution in [2.45, 2.75) is 18.7 Å². The van der Waals surface area contributed by atoms with Crippen LogP contribution in [0.2, 0.25) is 0 Å². The molecule has 0 atom stereocenters. The Labute approximate surface area is 147 Å². The minimum Gasteiger partial charge on any atom is -0.349 e. The number of amides is 1. The van der Waals surface area contributed by atoms with Crippen molar-refractivity contribution in [1.82, 2.24) is 14.7 Å². The highest BCUT2D eigenvalue weighted by Crippen LogP contribution is 2.22. The lowest BCUT2D eigenvalue weighted by Crippen LogP contribution is -2.11. The van der Waals surface area contributed by atoms with Gasteiger partial charge in [0.1, 0.15) is 0 Å². The smallest absolute Gasteiger partial charge is 0.349 e. The predicted molar refractivity (Wildman–Crippen MR) is 94.9 cm³/mol. The molecule has 0 saturated carbocycles. The van der Waals surface area contributed by atoms with E-state index in [4.69, 9.17) is 0 Å². The average Bonchev–Trinajstić information content (AvgIpc) is 3.22. The molecule has 4 rings (SSSR count). The summed E-state index contributed by atoms with van der Waals surface area (Å²) < 4.78 is 6.62. The number of hydrogen-bond acceptors (Lipinski definition) is 5. The third-order valence-corrected chi connectivity index (χ3v) is 5.01. The van der Waals surface area contributed by atoms with Gasteiger partial charge in [-0.1, -0.05) is 17.3 Å². The van der Waals surface area contributed by atoms with Crippen molar-refractivity contribution in [3.05, 3.63) is 69.7 Å². The molecule has 3 aromatic rings. The molecule has 1 amide bonds. The van der Waals surface area contributed by atoms with E-state index >= 15 is 0 Å². The van der Waals surface area contributed by atoms with Crippen molar-refractivity contribution in [2.75, 3.05) is 11.1 Å². The fourth-order valence-electron chi connectivity index (χ4n) is 2.79. The summed E-state index contributed by atoms with van der Waals surface area (Å²) in [6, 6.07) is 9.37. The van der Waals surface area contributed by atoms with Crippen LogP contribution in [0.4, 0.5) is 5.69 Å². The van der Waals surface area contributed by atoms with Crippen LogP contribution in [0.25, 0.3) is 0 Å². The van der Waals surface area contributed by atoms with Gasteiger partial charge in [0.15, 0.2) is 5.82 Å². The van der Waals surface area contributed by atoms with Gasteiger partial charge in [0.2, 0.25) is 0 Å². The number of rotatable bonds is 4. The zero-order valence-corrected chi connectivity index (χ0v) is 14.1. The normalized spacial score (nSPS) is 13.4.